The van der Waals surface area contributed by atoms with Gasteiger partial charge in [-0.15, -0.1) is 18.2 Å². The molecular formula is C45H44GeIrN4O-2. The fourth-order valence-corrected chi connectivity index (χ4v) is 9.98. The fourth-order valence-electron chi connectivity index (χ4n) is 6.66. The standard InChI is InChI=1S/C27H20N3O.C18H24GeN.Ir/c1-16-8-6-9-17(2)24(16)30-23-13-5-4-12-22(23)29-26(30)21-11-7-10-19-20-15-14-18(3)28-27(20)31-25(19)21;1-13(2)16-11-18(15-9-7-14(3)8-10-15)20-12-17(16)19(4,5)6;/h4-10,12-15H,1-3H3;7-9,11-13H,1-6H3;/q2*-1;/i;3D3,13D;. The van der Waals surface area contributed by atoms with Crippen LogP contribution in [0.15, 0.2) is 102 Å². The van der Waals surface area contributed by atoms with E-state index in [1.54, 1.807) is 12.1 Å². The zero-order valence-corrected chi connectivity index (χ0v) is 35.3. The summed E-state index contributed by atoms with van der Waals surface area (Å²) in [7, 11) is 0. The molecule has 4 aromatic carbocycles. The monoisotopic (exact) mass is 927 g/mol. The molecule has 52 heavy (non-hydrogen) atoms. The van der Waals surface area contributed by atoms with Crippen LogP contribution in [-0.4, -0.2) is 32.8 Å². The first-order valence-corrected chi connectivity index (χ1v) is 24.5. The van der Waals surface area contributed by atoms with E-state index in [-0.39, 0.29) is 25.7 Å². The third kappa shape index (κ3) is 7.17. The van der Waals surface area contributed by atoms with E-state index >= 15 is 0 Å². The Morgan fingerprint density at radius 2 is 1.63 bits per heavy atom. The molecule has 0 aliphatic rings. The number of benzene rings is 4. The van der Waals surface area contributed by atoms with Crippen LogP contribution >= 0.6 is 0 Å². The Balaban J connectivity index is 0.000000194. The van der Waals surface area contributed by atoms with Crippen molar-refractivity contribution in [2.24, 2.45) is 0 Å². The van der Waals surface area contributed by atoms with Gasteiger partial charge in [0.1, 0.15) is 0 Å². The summed E-state index contributed by atoms with van der Waals surface area (Å²) in [5.41, 5.74) is 11.5. The largest absolute Gasteiger partial charge is 0 e. The van der Waals surface area contributed by atoms with E-state index in [9.17, 15) is 0 Å². The molecule has 0 bridgehead atoms. The minimum absolute atomic E-state index is 0. The fraction of sp³-hybridized carbons (Fsp3) is 0.222. The predicted octanol–water partition coefficient (Wildman–Crippen LogP) is 11.2. The number of nitrogens with zero attached hydrogens (tertiary/aromatic N) is 4. The Bertz CT molecular complexity index is 2690. The Morgan fingerprint density at radius 3 is 2.33 bits per heavy atom. The van der Waals surface area contributed by atoms with Crippen LogP contribution in [0.4, 0.5) is 0 Å². The number of para-hydroxylation sites is 3. The molecule has 0 amide bonds. The van der Waals surface area contributed by atoms with Gasteiger partial charge in [0.2, 0.25) is 5.71 Å². The number of furan rings is 1. The number of aryl methyl sites for hydroxylation is 4. The second kappa shape index (κ2) is 14.9. The van der Waals surface area contributed by atoms with E-state index in [0.717, 1.165) is 67.0 Å². The minimum atomic E-state index is -2.14. The van der Waals surface area contributed by atoms with Crippen molar-refractivity contribution >= 4 is 50.8 Å². The molecule has 7 heteroatoms. The molecule has 8 aromatic rings. The van der Waals surface area contributed by atoms with E-state index < -0.39 is 26.0 Å². The van der Waals surface area contributed by atoms with Gasteiger partial charge in [0.25, 0.3) is 0 Å². The summed E-state index contributed by atoms with van der Waals surface area (Å²) < 4.78 is 40.5. The van der Waals surface area contributed by atoms with Crippen molar-refractivity contribution in [2.75, 3.05) is 0 Å². The van der Waals surface area contributed by atoms with Gasteiger partial charge in [-0.1, -0.05) is 41.3 Å². The van der Waals surface area contributed by atoms with E-state index in [2.05, 4.69) is 94.2 Å². The Kier molecular flexibility index (Phi) is 9.28. The number of imidazole rings is 1. The van der Waals surface area contributed by atoms with E-state index in [1.165, 1.54) is 21.6 Å². The molecule has 8 rings (SSSR count). The van der Waals surface area contributed by atoms with Gasteiger partial charge in [-0.25, -0.2) is 4.98 Å². The SMILES string of the molecule is Cc1ccc2c(n1)oc1c(-c3nc4ccccc4n3-c3c(C)cccc3C)[c-]ccc12.[2H]C([2H])([2H])c1c[c-]c(-c2cc(C([2H])(C)C)[c]([Ge]([CH3])([CH3])[CH3])cn2)cc1.[Ir]. The Labute approximate surface area is 328 Å². The first-order chi connectivity index (χ1) is 25.9. The van der Waals surface area contributed by atoms with Crippen LogP contribution in [0.3, 0.4) is 0 Å². The summed E-state index contributed by atoms with van der Waals surface area (Å²) in [6, 6.07) is 35.9. The predicted molar refractivity (Wildman–Crippen MR) is 215 cm³/mol. The molecular weight excluding hydrogens is 877 g/mol. The average Bonchev–Trinajstić information content (AvgIpc) is 3.69. The summed E-state index contributed by atoms with van der Waals surface area (Å²) in [4.78, 5) is 14.2. The van der Waals surface area contributed by atoms with Gasteiger partial charge in [0, 0.05) is 36.9 Å². The average molecular weight is 926 g/mol. The number of hydrogen-bond donors (Lipinski definition) is 0. The van der Waals surface area contributed by atoms with Gasteiger partial charge in [-0.3, -0.25) is 4.98 Å². The molecule has 0 aliphatic carbocycles. The maximum absolute atomic E-state index is 8.49. The van der Waals surface area contributed by atoms with Crippen LogP contribution in [0.2, 0.25) is 17.3 Å². The second-order valence-electron chi connectivity index (χ2n) is 14.4. The normalized spacial score (nSPS) is 13.2. The van der Waals surface area contributed by atoms with Gasteiger partial charge in [0.15, 0.2) is 0 Å². The van der Waals surface area contributed by atoms with Gasteiger partial charge in [-0.05, 0) is 56.2 Å². The first-order valence-electron chi connectivity index (χ1n) is 19.2. The molecule has 0 spiro atoms. The molecule has 0 saturated heterocycles. The van der Waals surface area contributed by atoms with Gasteiger partial charge in [-0.2, -0.15) is 0 Å². The van der Waals surface area contributed by atoms with E-state index in [0.29, 0.717) is 5.71 Å². The molecule has 4 heterocycles. The van der Waals surface area contributed by atoms with Crippen molar-refractivity contribution in [3.8, 4) is 28.3 Å². The van der Waals surface area contributed by atoms with Crippen molar-refractivity contribution < 1.29 is 30.0 Å². The molecule has 4 aromatic heterocycles. The van der Waals surface area contributed by atoms with Gasteiger partial charge < -0.3 is 8.98 Å². The molecule has 1 radical (unpaired) electrons. The first kappa shape index (κ1) is 32.3. The maximum atomic E-state index is 8.49. The molecule has 0 unspecified atom stereocenters. The van der Waals surface area contributed by atoms with Crippen LogP contribution in [0, 0.1) is 39.8 Å². The Hall–Kier alpha value is -4.36. The molecule has 0 N–H and O–H groups in total. The third-order valence-corrected chi connectivity index (χ3v) is 13.5. The van der Waals surface area contributed by atoms with Gasteiger partial charge >= 0.3 is 131 Å². The summed E-state index contributed by atoms with van der Waals surface area (Å²) in [6.45, 7) is 7.91. The number of fused-ring (bicyclic) bond motifs is 4. The summed E-state index contributed by atoms with van der Waals surface area (Å²) >= 11 is -2.14. The zero-order valence-electron chi connectivity index (χ0n) is 34.8. The number of hydrogen-bond acceptors (Lipinski definition) is 4. The van der Waals surface area contributed by atoms with E-state index in [4.69, 9.17) is 14.9 Å². The Morgan fingerprint density at radius 1 is 0.865 bits per heavy atom. The van der Waals surface area contributed by atoms with Crippen LogP contribution in [0.1, 0.15) is 53.2 Å². The van der Waals surface area contributed by atoms with Crippen molar-refractivity contribution in [1.82, 2.24) is 19.5 Å². The molecule has 0 saturated carbocycles. The smallest absolute Gasteiger partial charge is 0 e. The number of pyridine rings is 2. The van der Waals surface area contributed by atoms with Crippen molar-refractivity contribution in [2.45, 2.75) is 64.6 Å². The summed E-state index contributed by atoms with van der Waals surface area (Å²) in [5.74, 6) is 7.00. The van der Waals surface area contributed by atoms with Crippen LogP contribution in [0.25, 0.3) is 61.4 Å². The summed E-state index contributed by atoms with van der Waals surface area (Å²) in [6.07, 6.45) is 1.91. The van der Waals surface area contributed by atoms with Crippen molar-refractivity contribution in [3.05, 3.63) is 137 Å². The van der Waals surface area contributed by atoms with Crippen molar-refractivity contribution in [1.29, 1.82) is 0 Å². The number of rotatable bonds is 5. The van der Waals surface area contributed by atoms with Crippen LogP contribution in [-0.2, 0) is 20.1 Å². The number of aromatic nitrogens is 4. The topological polar surface area (TPSA) is 56.7 Å². The van der Waals surface area contributed by atoms with Crippen LogP contribution in [0.5, 0.6) is 0 Å². The van der Waals surface area contributed by atoms with Crippen LogP contribution < -0.4 is 4.40 Å². The zero-order chi connectivity index (χ0) is 39.4. The maximum Gasteiger partial charge on any atom is 0 e. The molecule has 5 nitrogen and oxygen atoms in total. The van der Waals surface area contributed by atoms with Gasteiger partial charge in [0.05, 0.1) is 22.4 Å². The molecule has 0 atom stereocenters. The molecule has 0 aliphatic heterocycles. The second-order valence-corrected chi connectivity index (χ2v) is 24.9. The third-order valence-electron chi connectivity index (χ3n) is 9.22. The quantitative estimate of drug-likeness (QED) is 0.127. The van der Waals surface area contributed by atoms with Crippen molar-refractivity contribution in [3.63, 3.8) is 0 Å². The molecule has 0 fully saturated rings. The van der Waals surface area contributed by atoms with E-state index in [1.807, 2.05) is 63.4 Å². The summed E-state index contributed by atoms with van der Waals surface area (Å²) in [5, 5.41) is 2.03. The minimum Gasteiger partial charge on any atom is 0 e. The molecule has 265 valence electrons.